The van der Waals surface area contributed by atoms with Crippen molar-refractivity contribution in [3.63, 3.8) is 0 Å². The molecule has 1 atom stereocenters. The Hall–Kier alpha value is -1.97. The third-order valence-electron chi connectivity index (χ3n) is 4.86. The Labute approximate surface area is 152 Å². The number of piperidine rings is 1. The molecule has 0 aromatic heterocycles. The number of methoxy groups -OCH3 is 1. The lowest BCUT2D eigenvalue weighted by Gasteiger charge is -2.37. The Morgan fingerprint density at radius 3 is 2.60 bits per heavy atom. The van der Waals surface area contributed by atoms with E-state index in [0.29, 0.717) is 5.92 Å². The molecule has 0 spiro atoms. The highest BCUT2D eigenvalue weighted by molar-refractivity contribution is 5.83. The number of hydrogen-bond donors (Lipinski definition) is 0. The van der Waals surface area contributed by atoms with E-state index in [-0.39, 0.29) is 11.9 Å². The molecule has 1 aliphatic heterocycles. The largest absolute Gasteiger partial charge is 0.497 e. The first-order valence-electron chi connectivity index (χ1n) is 9.29. The van der Waals surface area contributed by atoms with Crippen molar-refractivity contribution in [3.8, 4) is 5.75 Å². The maximum absolute atomic E-state index is 13.4. The summed E-state index contributed by atoms with van der Waals surface area (Å²) < 4.78 is 5.38. The van der Waals surface area contributed by atoms with Crippen molar-refractivity contribution in [1.82, 2.24) is 9.80 Å². The quantitative estimate of drug-likeness (QED) is 0.774. The lowest BCUT2D eigenvalue weighted by Crippen LogP contribution is -2.44. The average molecular weight is 344 g/mol. The molecule has 1 amide bonds. The zero-order valence-electron chi connectivity index (χ0n) is 16.3. The number of nitrogens with zero attached hydrogens (tertiary/aromatic N) is 2. The number of carbonyl (C=O) groups is 1. The predicted octanol–water partition coefficient (Wildman–Crippen LogP) is 4.24. The zero-order chi connectivity index (χ0) is 18.4. The maximum Gasteiger partial charge on any atom is 0.249 e. The number of ether oxygens (including phenoxy) is 1. The molecule has 2 rings (SSSR count). The van der Waals surface area contributed by atoms with Gasteiger partial charge >= 0.3 is 0 Å². The van der Waals surface area contributed by atoms with E-state index < -0.39 is 0 Å². The number of likely N-dealkylation sites (N-methyl/N-ethyl adjacent to an activating group) is 1. The van der Waals surface area contributed by atoms with E-state index in [0.717, 1.165) is 43.8 Å². The Bertz CT molecular complexity index is 600. The minimum atomic E-state index is -0.302. The third-order valence-corrected chi connectivity index (χ3v) is 4.86. The summed E-state index contributed by atoms with van der Waals surface area (Å²) in [6.45, 7) is 11.0. The van der Waals surface area contributed by atoms with Crippen molar-refractivity contribution in [2.75, 3.05) is 26.7 Å². The molecule has 1 fully saturated rings. The van der Waals surface area contributed by atoms with Gasteiger partial charge in [-0.2, -0.15) is 0 Å². The first-order valence-corrected chi connectivity index (χ1v) is 9.29. The Kier molecular flexibility index (Phi) is 6.91. The van der Waals surface area contributed by atoms with Crippen molar-refractivity contribution >= 4 is 5.91 Å². The first-order chi connectivity index (χ1) is 12.0. The number of allylic oxidation sites excluding steroid dienone is 1. The fraction of sp³-hybridized carbons (Fsp3) is 0.571. The summed E-state index contributed by atoms with van der Waals surface area (Å²) >= 11 is 0. The molecule has 1 aromatic carbocycles. The second kappa shape index (κ2) is 8.93. The van der Waals surface area contributed by atoms with E-state index in [1.807, 2.05) is 29.2 Å². The van der Waals surface area contributed by atoms with Crippen molar-refractivity contribution < 1.29 is 9.53 Å². The number of benzene rings is 1. The number of likely N-dealkylation sites (tertiary alicyclic amines) is 1. The smallest absolute Gasteiger partial charge is 0.249 e. The molecule has 0 N–H and O–H groups in total. The fourth-order valence-electron chi connectivity index (χ4n) is 3.37. The first kappa shape index (κ1) is 19.4. The molecule has 0 radical (unpaired) electrons. The van der Waals surface area contributed by atoms with Crippen molar-refractivity contribution in [2.45, 2.75) is 46.6 Å². The molecule has 1 aliphatic rings. The lowest BCUT2D eigenvalue weighted by molar-refractivity contribution is -0.137. The van der Waals surface area contributed by atoms with Crippen LogP contribution in [0.2, 0.25) is 0 Å². The van der Waals surface area contributed by atoms with Gasteiger partial charge in [-0.1, -0.05) is 24.6 Å². The van der Waals surface area contributed by atoms with Gasteiger partial charge in [0.05, 0.1) is 7.11 Å². The molecule has 1 saturated heterocycles. The molecule has 138 valence electrons. The van der Waals surface area contributed by atoms with Crippen molar-refractivity contribution in [3.05, 3.63) is 41.6 Å². The van der Waals surface area contributed by atoms with Crippen molar-refractivity contribution in [1.29, 1.82) is 0 Å². The van der Waals surface area contributed by atoms with Crippen LogP contribution in [0, 0.1) is 5.92 Å². The minimum Gasteiger partial charge on any atom is -0.497 e. The normalized spacial score (nSPS) is 16.3. The number of amides is 1. The molecule has 25 heavy (non-hydrogen) atoms. The van der Waals surface area contributed by atoms with Gasteiger partial charge < -0.3 is 14.5 Å². The molecule has 1 unspecified atom stereocenters. The van der Waals surface area contributed by atoms with Crippen LogP contribution in [-0.2, 0) is 4.79 Å². The van der Waals surface area contributed by atoms with Gasteiger partial charge in [-0.15, -0.1) is 0 Å². The van der Waals surface area contributed by atoms with Gasteiger partial charge in [0, 0.05) is 19.6 Å². The van der Waals surface area contributed by atoms with Gasteiger partial charge in [-0.05, 0) is 63.4 Å². The molecule has 0 saturated carbocycles. The third kappa shape index (κ3) is 5.00. The Morgan fingerprint density at radius 1 is 1.36 bits per heavy atom. The topological polar surface area (TPSA) is 32.8 Å². The molecule has 0 bridgehead atoms. The summed E-state index contributed by atoms with van der Waals surface area (Å²) in [6, 6.07) is 7.59. The highest BCUT2D eigenvalue weighted by Crippen LogP contribution is 2.29. The molecule has 1 heterocycles. The van der Waals surface area contributed by atoms with Gasteiger partial charge in [0.25, 0.3) is 0 Å². The van der Waals surface area contributed by atoms with Crippen LogP contribution in [0.5, 0.6) is 5.75 Å². The van der Waals surface area contributed by atoms with Gasteiger partial charge in [-0.25, -0.2) is 0 Å². The number of rotatable bonds is 6. The van der Waals surface area contributed by atoms with Crippen molar-refractivity contribution in [2.24, 2.45) is 5.92 Å². The van der Waals surface area contributed by atoms with E-state index in [2.05, 4.69) is 38.8 Å². The Morgan fingerprint density at radius 2 is 2.04 bits per heavy atom. The van der Waals surface area contributed by atoms with Gasteiger partial charge in [-0.3, -0.25) is 4.79 Å². The van der Waals surface area contributed by atoms with Crippen LogP contribution >= 0.6 is 0 Å². The molecule has 1 aromatic rings. The van der Waals surface area contributed by atoms with Crippen LogP contribution in [0.15, 0.2) is 36.0 Å². The minimum absolute atomic E-state index is 0.194. The fourth-order valence-corrected chi connectivity index (χ4v) is 3.37. The second-order valence-electron chi connectivity index (χ2n) is 7.22. The second-order valence-corrected chi connectivity index (χ2v) is 7.22. The summed E-state index contributed by atoms with van der Waals surface area (Å²) in [5.74, 6) is 1.69. The highest BCUT2D eigenvalue weighted by Gasteiger charge is 2.31. The molecular formula is C21H32N2O2. The van der Waals surface area contributed by atoms with E-state index in [1.54, 1.807) is 7.11 Å². The van der Waals surface area contributed by atoms with E-state index in [1.165, 1.54) is 5.57 Å². The van der Waals surface area contributed by atoms with Crippen LogP contribution in [0.3, 0.4) is 0 Å². The van der Waals surface area contributed by atoms with Crippen LogP contribution in [-0.4, -0.2) is 42.5 Å². The van der Waals surface area contributed by atoms with E-state index in [9.17, 15) is 4.79 Å². The standard InChI is InChI=1S/C21H32N2O2/c1-6-22(15-16(2)3)20(18-8-7-9-19(14-18)25-5)21(24)23-12-10-17(4)11-13-23/h7-9,14-15,17,20H,6,10-13H2,1-5H3. The zero-order valence-corrected chi connectivity index (χ0v) is 16.3. The molecule has 0 aliphatic carbocycles. The summed E-state index contributed by atoms with van der Waals surface area (Å²) in [4.78, 5) is 17.6. The van der Waals surface area contributed by atoms with Gasteiger partial charge in [0.15, 0.2) is 0 Å². The summed E-state index contributed by atoms with van der Waals surface area (Å²) in [5, 5.41) is 0. The van der Waals surface area contributed by atoms with Crippen LogP contribution in [0.25, 0.3) is 0 Å². The van der Waals surface area contributed by atoms with Gasteiger partial charge in [0.2, 0.25) is 5.91 Å². The molecule has 4 nitrogen and oxygen atoms in total. The molecular weight excluding hydrogens is 312 g/mol. The van der Waals surface area contributed by atoms with Crippen LogP contribution < -0.4 is 4.74 Å². The average Bonchev–Trinajstić information content (AvgIpc) is 2.61. The summed E-state index contributed by atoms with van der Waals surface area (Å²) in [5.41, 5.74) is 2.18. The summed E-state index contributed by atoms with van der Waals surface area (Å²) in [6.07, 6.45) is 4.27. The SMILES string of the molecule is CCN(C=C(C)C)C(C(=O)N1CCC(C)CC1)c1cccc(OC)c1. The van der Waals surface area contributed by atoms with E-state index >= 15 is 0 Å². The van der Waals surface area contributed by atoms with Crippen LogP contribution in [0.1, 0.15) is 52.1 Å². The number of carbonyl (C=O) groups excluding carboxylic acids is 1. The molecule has 4 heteroatoms. The monoisotopic (exact) mass is 344 g/mol. The Balaban J connectivity index is 2.36. The van der Waals surface area contributed by atoms with E-state index in [4.69, 9.17) is 4.74 Å². The summed E-state index contributed by atoms with van der Waals surface area (Å²) in [7, 11) is 1.66. The predicted molar refractivity (Wildman–Crippen MR) is 103 cm³/mol. The van der Waals surface area contributed by atoms with Gasteiger partial charge in [0.1, 0.15) is 11.8 Å². The number of hydrogen-bond acceptors (Lipinski definition) is 3. The lowest BCUT2D eigenvalue weighted by atomic mass is 9.97. The highest BCUT2D eigenvalue weighted by atomic mass is 16.5. The maximum atomic E-state index is 13.4. The van der Waals surface area contributed by atoms with Crippen LogP contribution in [0.4, 0.5) is 0 Å².